The first-order valence-corrected chi connectivity index (χ1v) is 5.99. The van der Waals surface area contributed by atoms with Gasteiger partial charge in [-0.15, -0.1) is 0 Å². The van der Waals surface area contributed by atoms with Crippen molar-refractivity contribution in [2.45, 2.75) is 0 Å². The molecule has 0 aromatic heterocycles. The fourth-order valence-corrected chi connectivity index (χ4v) is 0. The first kappa shape index (κ1) is 5.45. The Hall–Kier alpha value is 0.447. The quantitative estimate of drug-likeness (QED) is 0.656. The van der Waals surface area contributed by atoms with E-state index < -0.39 is 24.1 Å². The molecule has 0 heterocycles. The Morgan fingerprint density at radius 1 is 1.20 bits per heavy atom. The molecule has 0 aliphatic carbocycles. The van der Waals surface area contributed by atoms with E-state index in [4.69, 9.17) is 4.93 Å². The van der Waals surface area contributed by atoms with Gasteiger partial charge in [0.1, 0.15) is 0 Å². The summed E-state index contributed by atoms with van der Waals surface area (Å²) in [5.41, 5.74) is 0. The van der Waals surface area contributed by atoms with E-state index in [-0.39, 0.29) is 0 Å². The van der Waals surface area contributed by atoms with Crippen LogP contribution in [0.5, 0.6) is 0 Å². The third kappa shape index (κ3) is 133. The fourth-order valence-electron chi connectivity index (χ4n) is 0. The van der Waals surface area contributed by atoms with E-state index in [0.29, 0.717) is 0 Å². The van der Waals surface area contributed by atoms with Crippen LogP contribution in [-0.4, -0.2) is 0 Å². The molecule has 0 atom stereocenters. The van der Waals surface area contributed by atoms with E-state index in [0.717, 1.165) is 0 Å². The third-order valence-corrected chi connectivity index (χ3v) is 0. The van der Waals surface area contributed by atoms with Gasteiger partial charge < -0.3 is 0 Å². The summed E-state index contributed by atoms with van der Waals surface area (Å²) in [6.45, 7) is 0. The molecule has 0 saturated carbocycles. The predicted octanol–water partition coefficient (Wildman–Crippen LogP) is 0.603. The van der Waals surface area contributed by atoms with Gasteiger partial charge in [-0.3, -0.25) is 0 Å². The van der Waals surface area contributed by atoms with Crippen LogP contribution in [0.15, 0.2) is 0 Å². The van der Waals surface area contributed by atoms with Gasteiger partial charge in [0.05, 0.1) is 0 Å². The van der Waals surface area contributed by atoms with Crippen LogP contribution >= 0.6 is 0 Å². The van der Waals surface area contributed by atoms with Crippen molar-refractivity contribution in [2.75, 3.05) is 0 Å². The molecule has 5 heavy (non-hydrogen) atoms. The van der Waals surface area contributed by atoms with Gasteiger partial charge in [-0.2, -0.15) is 0 Å². The zero-order valence-corrected chi connectivity index (χ0v) is 5.38. The van der Waals surface area contributed by atoms with Gasteiger partial charge in [0.15, 0.2) is 0 Å². The second-order valence-corrected chi connectivity index (χ2v) is 3.53. The van der Waals surface area contributed by atoms with Crippen molar-refractivity contribution < 1.29 is 33.6 Å². The third-order valence-electron chi connectivity index (χ3n) is 0. The molecule has 0 aromatic carbocycles. The van der Waals surface area contributed by atoms with Crippen molar-refractivity contribution in [3.63, 3.8) is 0 Å². The summed E-state index contributed by atoms with van der Waals surface area (Å²) >= 11 is -6.76. The molecule has 0 amide bonds. The Morgan fingerprint density at radius 3 is 1.20 bits per heavy atom. The summed E-state index contributed by atoms with van der Waals surface area (Å²) in [6.07, 6.45) is 0. The molecule has 5 heteroatoms. The molecular formula is F2O2Pu. The predicted molar refractivity (Wildman–Crippen MR) is 3.59 cm³/mol. The molecule has 0 N–H and O–H groups in total. The van der Waals surface area contributed by atoms with Gasteiger partial charge in [-0.1, -0.05) is 0 Å². The Morgan fingerprint density at radius 2 is 1.20 bits per heavy atom. The van der Waals surface area contributed by atoms with Crippen LogP contribution < -0.4 is 0 Å². The molecule has 0 aromatic rings. The minimum atomic E-state index is -6.76. The zero-order chi connectivity index (χ0) is 4.50. The molecule has 32 valence electrons. The molecule has 0 radical (unpaired) electrons. The fraction of sp³-hybridized carbons (Fsp3) is 0. The van der Waals surface area contributed by atoms with Crippen molar-refractivity contribution in [3.8, 4) is 0 Å². The normalized spacial score (nSPS) is 11.6. The Bertz CT molecular complexity index is 90.8. The van der Waals surface area contributed by atoms with E-state index in [2.05, 4.69) is 0 Å². The molecule has 0 aliphatic heterocycles. The Kier molecular flexibility index (Phi) is 1.38. The SMILES string of the molecule is [O]=[Pu](=[O])([F])[F]. The topological polar surface area (TPSA) is 34.1 Å². The minimum absolute atomic E-state index is 6.76. The van der Waals surface area contributed by atoms with Crippen molar-refractivity contribution in [1.82, 2.24) is 0 Å². The molecule has 0 spiro atoms. The Balaban J connectivity index is 4.06. The molecule has 0 bridgehead atoms. The summed E-state index contributed by atoms with van der Waals surface area (Å²) < 4.78 is 37.1. The summed E-state index contributed by atoms with van der Waals surface area (Å²) in [5, 5.41) is 0. The van der Waals surface area contributed by atoms with Crippen LogP contribution in [0.3, 0.4) is 0 Å². The zero-order valence-electron chi connectivity index (χ0n) is 1.98. The average Bonchev–Trinajstić information content (AvgIpc) is 0.722. The Labute approximate surface area is 34.0 Å². The maximum atomic E-state index is 10.1. The van der Waals surface area contributed by atoms with Crippen molar-refractivity contribution >= 4 is 0 Å². The monoisotopic (exact) mass is 308 g/mol. The standard InChI is InChI=1S/2FH.2O.Pu/h2*1H;;;/q;;;;+2/p-2. The number of hydrogen-bond donors (Lipinski definition) is 0. The summed E-state index contributed by atoms with van der Waals surface area (Å²) in [7, 11) is 0. The summed E-state index contributed by atoms with van der Waals surface area (Å²) in [4.78, 5) is 0. The second kappa shape index (κ2) is 1.27. The molecule has 0 aliphatic rings. The van der Waals surface area contributed by atoms with Gasteiger partial charge >= 0.3 is 33.6 Å². The summed E-state index contributed by atoms with van der Waals surface area (Å²) in [5.74, 6) is 0. The van der Waals surface area contributed by atoms with Crippen LogP contribution in [0.1, 0.15) is 0 Å². The van der Waals surface area contributed by atoms with Crippen molar-refractivity contribution in [1.29, 1.82) is 0 Å². The van der Waals surface area contributed by atoms with E-state index in [1.165, 1.54) is 0 Å². The van der Waals surface area contributed by atoms with Gasteiger partial charge in [-0.25, -0.2) is 0 Å². The van der Waals surface area contributed by atoms with Crippen molar-refractivity contribution in [3.05, 3.63) is 0 Å². The molecule has 0 fully saturated rings. The first-order chi connectivity index (χ1) is 2.00. The number of hydrogen-bond acceptors (Lipinski definition) is 2. The van der Waals surface area contributed by atoms with Crippen LogP contribution in [0, 0.1) is 24.1 Å². The van der Waals surface area contributed by atoms with E-state index >= 15 is 0 Å². The van der Waals surface area contributed by atoms with Gasteiger partial charge in [0.2, 0.25) is 0 Å². The van der Waals surface area contributed by atoms with E-state index in [9.17, 15) is 4.62 Å². The van der Waals surface area contributed by atoms with Crippen LogP contribution in [0.2, 0.25) is 0 Å². The maximum absolute atomic E-state index is 10.1. The molecule has 0 saturated heterocycles. The van der Waals surface area contributed by atoms with E-state index in [1.807, 2.05) is 0 Å². The van der Waals surface area contributed by atoms with Crippen molar-refractivity contribution in [2.24, 2.45) is 0 Å². The van der Waals surface area contributed by atoms with Gasteiger partial charge in [0, 0.05) is 0 Å². The van der Waals surface area contributed by atoms with Gasteiger partial charge in [0.25, 0.3) is 0 Å². The summed E-state index contributed by atoms with van der Waals surface area (Å²) in [6, 6.07) is 0. The van der Waals surface area contributed by atoms with E-state index in [1.54, 1.807) is 0 Å². The van der Waals surface area contributed by atoms with Gasteiger partial charge in [-0.05, 0) is 0 Å². The first-order valence-electron chi connectivity index (χ1n) is 0.642. The molecule has 2 nitrogen and oxygen atoms in total. The van der Waals surface area contributed by atoms with Crippen LogP contribution in [-0.2, 0) is 4.93 Å². The number of rotatable bonds is 0. The second-order valence-electron chi connectivity index (χ2n) is 0.378. The molecule has 0 rings (SSSR count). The van der Waals surface area contributed by atoms with Crippen LogP contribution in [0.25, 0.3) is 0 Å². The molecular weight excluding hydrogens is 314 g/mol. The number of halogens is 2. The average molecular weight is 314 g/mol. The van der Waals surface area contributed by atoms with Crippen LogP contribution in [0.4, 0.5) is 4.62 Å². The molecule has 0 unspecified atom stereocenters.